The van der Waals surface area contributed by atoms with Crippen molar-refractivity contribution in [2.45, 2.75) is 25.7 Å². The lowest BCUT2D eigenvalue weighted by molar-refractivity contribution is 0.0995. The van der Waals surface area contributed by atoms with Crippen LogP contribution >= 0.6 is 0 Å². The summed E-state index contributed by atoms with van der Waals surface area (Å²) in [5, 5.41) is 3.36. The molecule has 100 valence electrons. The highest BCUT2D eigenvalue weighted by Gasteiger charge is 2.11. The van der Waals surface area contributed by atoms with E-state index in [1.165, 1.54) is 12.8 Å². The van der Waals surface area contributed by atoms with Gasteiger partial charge in [0.2, 0.25) is 0 Å². The number of piperidine rings is 1. The van der Waals surface area contributed by atoms with Crippen molar-refractivity contribution in [2.75, 3.05) is 13.1 Å². The second-order valence-corrected chi connectivity index (χ2v) is 4.83. The fourth-order valence-electron chi connectivity index (χ4n) is 2.25. The van der Waals surface area contributed by atoms with Gasteiger partial charge in [0, 0.05) is 18.2 Å². The number of pyridine rings is 1. The second kappa shape index (κ2) is 6.91. The topological polar surface area (TPSA) is 68.0 Å². The van der Waals surface area contributed by atoms with E-state index in [9.17, 15) is 4.79 Å². The number of nitrogens with two attached hydrogens (primary N) is 1. The van der Waals surface area contributed by atoms with E-state index in [1.54, 1.807) is 18.3 Å². The van der Waals surface area contributed by atoms with E-state index in [2.05, 4.69) is 22.1 Å². The van der Waals surface area contributed by atoms with Crippen LogP contribution in [0.1, 0.15) is 41.7 Å². The molecule has 1 fully saturated rings. The lowest BCUT2D eigenvalue weighted by Crippen LogP contribution is -2.27. The van der Waals surface area contributed by atoms with Crippen LogP contribution in [0.5, 0.6) is 0 Å². The van der Waals surface area contributed by atoms with Gasteiger partial charge in [-0.15, -0.1) is 0 Å². The molecule has 0 spiro atoms. The number of hydrogen-bond acceptors (Lipinski definition) is 3. The van der Waals surface area contributed by atoms with Gasteiger partial charge in [0.25, 0.3) is 5.91 Å². The Morgan fingerprint density at radius 1 is 1.47 bits per heavy atom. The summed E-state index contributed by atoms with van der Waals surface area (Å²) in [5.41, 5.74) is 6.25. The quantitative estimate of drug-likeness (QED) is 0.802. The van der Waals surface area contributed by atoms with E-state index in [4.69, 9.17) is 5.73 Å². The van der Waals surface area contributed by atoms with E-state index in [0.717, 1.165) is 37.4 Å². The molecule has 0 aromatic carbocycles. The van der Waals surface area contributed by atoms with Crippen LogP contribution in [0, 0.1) is 17.8 Å². The number of hydrogen-bond donors (Lipinski definition) is 2. The summed E-state index contributed by atoms with van der Waals surface area (Å²) in [4.78, 5) is 14.9. The monoisotopic (exact) mass is 257 g/mol. The Morgan fingerprint density at radius 2 is 2.26 bits per heavy atom. The maximum absolute atomic E-state index is 11.0. The summed E-state index contributed by atoms with van der Waals surface area (Å²) in [6.07, 6.45) is 6.13. The van der Waals surface area contributed by atoms with Crippen LogP contribution in [0.4, 0.5) is 0 Å². The summed E-state index contributed by atoms with van der Waals surface area (Å²) in [6, 6.07) is 3.43. The van der Waals surface area contributed by atoms with Crippen LogP contribution in [0.25, 0.3) is 0 Å². The van der Waals surface area contributed by atoms with E-state index < -0.39 is 5.91 Å². The van der Waals surface area contributed by atoms with Gasteiger partial charge in [-0.3, -0.25) is 9.78 Å². The molecule has 0 bridgehead atoms. The fraction of sp³-hybridized carbons (Fsp3) is 0.467. The molecule has 1 aromatic heterocycles. The van der Waals surface area contributed by atoms with Gasteiger partial charge in [-0.1, -0.05) is 11.8 Å². The maximum Gasteiger partial charge on any atom is 0.267 e. The summed E-state index contributed by atoms with van der Waals surface area (Å²) < 4.78 is 0. The van der Waals surface area contributed by atoms with E-state index in [0.29, 0.717) is 0 Å². The zero-order valence-electron chi connectivity index (χ0n) is 11.0. The van der Waals surface area contributed by atoms with Crippen LogP contribution in [0.3, 0.4) is 0 Å². The number of rotatable bonds is 3. The van der Waals surface area contributed by atoms with Crippen molar-refractivity contribution in [3.8, 4) is 11.8 Å². The smallest absolute Gasteiger partial charge is 0.267 e. The molecule has 0 aliphatic carbocycles. The summed E-state index contributed by atoms with van der Waals surface area (Å²) in [5.74, 6) is 6.52. The molecule has 1 saturated heterocycles. The number of carbonyl (C=O) groups is 1. The van der Waals surface area contributed by atoms with Crippen molar-refractivity contribution in [3.05, 3.63) is 29.6 Å². The molecular weight excluding hydrogens is 238 g/mol. The maximum atomic E-state index is 11.0. The molecule has 1 aliphatic heterocycles. The van der Waals surface area contributed by atoms with Crippen LogP contribution < -0.4 is 11.1 Å². The molecule has 1 amide bonds. The van der Waals surface area contributed by atoms with Crippen molar-refractivity contribution in [1.82, 2.24) is 10.3 Å². The number of primary amides is 1. The van der Waals surface area contributed by atoms with Crippen molar-refractivity contribution in [3.63, 3.8) is 0 Å². The molecule has 19 heavy (non-hydrogen) atoms. The van der Waals surface area contributed by atoms with E-state index in [1.807, 2.05) is 0 Å². The van der Waals surface area contributed by atoms with Crippen molar-refractivity contribution in [1.29, 1.82) is 0 Å². The highest BCUT2D eigenvalue weighted by Crippen LogP contribution is 2.17. The molecular formula is C15H19N3O. The van der Waals surface area contributed by atoms with Gasteiger partial charge in [0.1, 0.15) is 5.69 Å². The zero-order valence-corrected chi connectivity index (χ0v) is 11.0. The molecule has 0 atom stereocenters. The van der Waals surface area contributed by atoms with Crippen LogP contribution in [0.15, 0.2) is 18.3 Å². The van der Waals surface area contributed by atoms with Gasteiger partial charge >= 0.3 is 0 Å². The van der Waals surface area contributed by atoms with Gasteiger partial charge < -0.3 is 11.1 Å². The van der Waals surface area contributed by atoms with Crippen molar-refractivity contribution >= 4 is 5.91 Å². The largest absolute Gasteiger partial charge is 0.364 e. The Balaban J connectivity index is 1.85. The van der Waals surface area contributed by atoms with E-state index >= 15 is 0 Å². The summed E-state index contributed by atoms with van der Waals surface area (Å²) in [7, 11) is 0. The third-order valence-corrected chi connectivity index (χ3v) is 3.38. The average molecular weight is 257 g/mol. The Morgan fingerprint density at radius 3 is 3.00 bits per heavy atom. The summed E-state index contributed by atoms with van der Waals surface area (Å²) >= 11 is 0. The lowest BCUT2D eigenvalue weighted by atomic mass is 9.93. The highest BCUT2D eigenvalue weighted by atomic mass is 16.1. The number of aromatic nitrogens is 1. The molecule has 0 saturated carbocycles. The molecule has 4 nitrogen and oxygen atoms in total. The van der Waals surface area contributed by atoms with Gasteiger partial charge in [-0.25, -0.2) is 0 Å². The molecule has 2 rings (SSSR count). The minimum absolute atomic E-state index is 0.269. The fourth-order valence-corrected chi connectivity index (χ4v) is 2.25. The third-order valence-electron chi connectivity index (χ3n) is 3.38. The molecule has 0 radical (unpaired) electrons. The molecule has 2 heterocycles. The second-order valence-electron chi connectivity index (χ2n) is 4.83. The van der Waals surface area contributed by atoms with Crippen molar-refractivity contribution < 1.29 is 4.79 Å². The molecule has 1 aliphatic rings. The number of carbonyl (C=O) groups excluding carboxylic acids is 1. The Hall–Kier alpha value is -1.86. The minimum Gasteiger partial charge on any atom is -0.364 e. The molecule has 0 unspecified atom stereocenters. The summed E-state index contributed by atoms with van der Waals surface area (Å²) in [6.45, 7) is 2.26. The normalized spacial score (nSPS) is 15.6. The van der Waals surface area contributed by atoms with Crippen LogP contribution in [0.2, 0.25) is 0 Å². The van der Waals surface area contributed by atoms with Gasteiger partial charge in [-0.2, -0.15) is 0 Å². The highest BCUT2D eigenvalue weighted by molar-refractivity contribution is 5.91. The Kier molecular flexibility index (Phi) is 4.93. The Labute approximate surface area is 113 Å². The first-order chi connectivity index (χ1) is 9.25. The first kappa shape index (κ1) is 13.6. The number of nitrogens with one attached hydrogen (secondary N) is 1. The SMILES string of the molecule is NC(=O)c1cc(C#CCCC2CCNCC2)ccn1. The average Bonchev–Trinajstić information content (AvgIpc) is 2.45. The first-order valence-corrected chi connectivity index (χ1v) is 6.71. The van der Waals surface area contributed by atoms with Crippen LogP contribution in [-0.2, 0) is 0 Å². The minimum atomic E-state index is -0.515. The predicted octanol–water partition coefficient (Wildman–Crippen LogP) is 1.31. The predicted molar refractivity (Wildman–Crippen MR) is 74.5 cm³/mol. The molecule has 1 aromatic rings. The standard InChI is InChI=1S/C15H19N3O/c16-15(19)14-11-13(7-10-18-14)4-2-1-3-12-5-8-17-9-6-12/h7,10-12,17H,1,3,5-6,8-9H2,(H2,16,19). The molecule has 4 heteroatoms. The van der Waals surface area contributed by atoms with Crippen molar-refractivity contribution in [2.24, 2.45) is 11.7 Å². The van der Waals surface area contributed by atoms with E-state index in [-0.39, 0.29) is 5.69 Å². The number of amides is 1. The van der Waals surface area contributed by atoms with Gasteiger partial charge in [-0.05, 0) is 50.4 Å². The van der Waals surface area contributed by atoms with Crippen LogP contribution in [-0.4, -0.2) is 24.0 Å². The lowest BCUT2D eigenvalue weighted by Gasteiger charge is -2.21. The first-order valence-electron chi connectivity index (χ1n) is 6.71. The van der Waals surface area contributed by atoms with Gasteiger partial charge in [0.15, 0.2) is 0 Å². The zero-order chi connectivity index (χ0) is 13.5. The Bertz CT molecular complexity index is 496. The van der Waals surface area contributed by atoms with Gasteiger partial charge in [0.05, 0.1) is 0 Å². The number of nitrogens with zero attached hydrogens (tertiary/aromatic N) is 1. The molecule has 3 N–H and O–H groups in total. The third kappa shape index (κ3) is 4.38.